The molecule has 1 aromatic rings. The monoisotopic (exact) mass is 444 g/mol. The Kier molecular flexibility index (Phi) is 11.3. The van der Waals surface area contributed by atoms with Gasteiger partial charge >= 0.3 is 0 Å². The molecular formula is C20H33N2O5PS. The Bertz CT molecular complexity index is 739. The van der Waals surface area contributed by atoms with E-state index in [1.54, 1.807) is 12.1 Å². The lowest BCUT2D eigenvalue weighted by Gasteiger charge is -2.37. The van der Waals surface area contributed by atoms with E-state index in [9.17, 15) is 8.42 Å². The van der Waals surface area contributed by atoms with Gasteiger partial charge in [0, 0.05) is 12.1 Å². The summed E-state index contributed by atoms with van der Waals surface area (Å²) in [4.78, 5) is 3.45. The molecule has 0 aliphatic rings. The minimum Gasteiger partial charge on any atom is -0.316 e. The highest BCUT2D eigenvalue weighted by Crippen LogP contribution is 2.47. The summed E-state index contributed by atoms with van der Waals surface area (Å²) >= 11 is 0. The minimum atomic E-state index is -3.86. The van der Waals surface area contributed by atoms with E-state index in [1.165, 1.54) is 12.1 Å². The molecule has 7 nitrogen and oxygen atoms in total. The number of hydrogen-bond acceptors (Lipinski definition) is 6. The van der Waals surface area contributed by atoms with Gasteiger partial charge in [-0.25, -0.2) is 11.2 Å². The smallest absolute Gasteiger partial charge is 0.297 e. The average molecular weight is 445 g/mol. The summed E-state index contributed by atoms with van der Waals surface area (Å²) in [5, 5.41) is 0. The fourth-order valence-electron chi connectivity index (χ4n) is 2.58. The SMILES string of the molecule is [C-]#[N+]CCOP(OC(CC)COS(=O)(=O)c1ccc(C)cc1)N(C(C)C)C(C)C. The lowest BCUT2D eigenvalue weighted by atomic mass is 10.2. The molecule has 0 spiro atoms. The number of benzene rings is 1. The molecule has 29 heavy (non-hydrogen) atoms. The van der Waals surface area contributed by atoms with Crippen LogP contribution in [0.5, 0.6) is 0 Å². The molecule has 1 aromatic carbocycles. The molecule has 0 radical (unpaired) electrons. The third-order valence-electron chi connectivity index (χ3n) is 4.06. The molecular weight excluding hydrogens is 411 g/mol. The largest absolute Gasteiger partial charge is 0.316 e. The van der Waals surface area contributed by atoms with Crippen molar-refractivity contribution in [1.29, 1.82) is 0 Å². The molecule has 0 N–H and O–H groups in total. The maximum atomic E-state index is 12.5. The Labute approximate surface area is 177 Å². The number of aryl methyl sites for hydroxylation is 1. The van der Waals surface area contributed by atoms with Gasteiger partial charge in [0.1, 0.15) is 6.61 Å². The van der Waals surface area contributed by atoms with Crippen LogP contribution in [0.3, 0.4) is 0 Å². The van der Waals surface area contributed by atoms with E-state index in [0.717, 1.165) is 5.56 Å². The van der Waals surface area contributed by atoms with E-state index in [4.69, 9.17) is 19.8 Å². The van der Waals surface area contributed by atoms with Crippen LogP contribution in [0.1, 0.15) is 46.6 Å². The third kappa shape index (κ3) is 8.67. The van der Waals surface area contributed by atoms with Gasteiger partial charge in [-0.15, -0.1) is 0 Å². The van der Waals surface area contributed by atoms with Crippen LogP contribution >= 0.6 is 8.53 Å². The quantitative estimate of drug-likeness (QED) is 0.189. The second-order valence-electron chi connectivity index (χ2n) is 7.21. The first-order chi connectivity index (χ1) is 13.6. The maximum absolute atomic E-state index is 12.5. The molecule has 0 amide bonds. The van der Waals surface area contributed by atoms with Crippen molar-refractivity contribution in [2.75, 3.05) is 19.8 Å². The number of rotatable bonds is 13. The van der Waals surface area contributed by atoms with E-state index in [-0.39, 0.29) is 36.7 Å². The minimum absolute atomic E-state index is 0.0955. The normalized spacial score (nSPS) is 14.3. The van der Waals surface area contributed by atoms with Gasteiger partial charge in [-0.2, -0.15) is 8.42 Å². The van der Waals surface area contributed by atoms with E-state index in [1.807, 2.05) is 13.8 Å². The zero-order chi connectivity index (χ0) is 22.0. The predicted molar refractivity (Wildman–Crippen MR) is 116 cm³/mol. The molecule has 2 atom stereocenters. The van der Waals surface area contributed by atoms with Crippen molar-refractivity contribution in [1.82, 2.24) is 4.67 Å². The average Bonchev–Trinajstić information content (AvgIpc) is 2.64. The van der Waals surface area contributed by atoms with Crippen LogP contribution in [-0.2, 0) is 23.3 Å². The van der Waals surface area contributed by atoms with Crippen molar-refractivity contribution in [3.05, 3.63) is 41.2 Å². The molecule has 164 valence electrons. The first kappa shape index (κ1) is 26.0. The molecule has 9 heteroatoms. The summed E-state index contributed by atoms with van der Waals surface area (Å²) in [5.74, 6) is 0. The topological polar surface area (TPSA) is 69.4 Å². The first-order valence-electron chi connectivity index (χ1n) is 9.79. The van der Waals surface area contributed by atoms with Gasteiger partial charge in [-0.05, 0) is 53.2 Å². The van der Waals surface area contributed by atoms with Gasteiger partial charge in [0.05, 0.1) is 17.6 Å². The molecule has 0 fully saturated rings. The van der Waals surface area contributed by atoms with Crippen LogP contribution in [0.25, 0.3) is 4.85 Å². The van der Waals surface area contributed by atoms with Crippen molar-refractivity contribution >= 4 is 18.6 Å². The molecule has 0 saturated carbocycles. The molecule has 0 bridgehead atoms. The van der Waals surface area contributed by atoms with Crippen LogP contribution in [0, 0.1) is 13.5 Å². The van der Waals surface area contributed by atoms with Gasteiger partial charge in [-0.1, -0.05) is 24.6 Å². The highest BCUT2D eigenvalue weighted by molar-refractivity contribution is 7.86. The van der Waals surface area contributed by atoms with Gasteiger partial charge in [0.2, 0.25) is 6.54 Å². The molecule has 2 unspecified atom stereocenters. The van der Waals surface area contributed by atoms with E-state index < -0.39 is 24.7 Å². The van der Waals surface area contributed by atoms with Gasteiger partial charge in [0.25, 0.3) is 18.6 Å². The van der Waals surface area contributed by atoms with E-state index in [0.29, 0.717) is 6.42 Å². The fraction of sp³-hybridized carbons (Fsp3) is 0.650. The molecule has 0 saturated heterocycles. The van der Waals surface area contributed by atoms with E-state index >= 15 is 0 Å². The summed E-state index contributed by atoms with van der Waals surface area (Å²) in [7, 11) is -5.31. The van der Waals surface area contributed by atoms with Crippen molar-refractivity contribution in [3.8, 4) is 0 Å². The van der Waals surface area contributed by atoms with Crippen molar-refractivity contribution < 1.29 is 21.6 Å². The number of hydrogen-bond donors (Lipinski definition) is 0. The zero-order valence-electron chi connectivity index (χ0n) is 18.2. The Morgan fingerprint density at radius 1 is 1.14 bits per heavy atom. The Balaban J connectivity index is 2.86. The zero-order valence-corrected chi connectivity index (χ0v) is 19.9. The Hall–Kier alpha value is -1.07. The fourth-order valence-corrected chi connectivity index (χ4v) is 5.27. The summed E-state index contributed by atoms with van der Waals surface area (Å²) < 4.78 is 44.3. The lowest BCUT2D eigenvalue weighted by Crippen LogP contribution is -2.35. The highest BCUT2D eigenvalue weighted by atomic mass is 32.2. The summed E-state index contributed by atoms with van der Waals surface area (Å²) in [6, 6.07) is 6.88. The predicted octanol–water partition coefficient (Wildman–Crippen LogP) is 4.78. The maximum Gasteiger partial charge on any atom is 0.297 e. The molecule has 0 heterocycles. The lowest BCUT2D eigenvalue weighted by molar-refractivity contribution is 0.0944. The number of nitrogens with zero attached hydrogens (tertiary/aromatic N) is 2. The Morgan fingerprint density at radius 3 is 2.21 bits per heavy atom. The van der Waals surface area contributed by atoms with Crippen LogP contribution in [0.15, 0.2) is 29.2 Å². The third-order valence-corrected chi connectivity index (χ3v) is 7.54. The second-order valence-corrected chi connectivity index (χ2v) is 10.2. The summed E-state index contributed by atoms with van der Waals surface area (Å²) in [6.45, 7) is 19.4. The van der Waals surface area contributed by atoms with Gasteiger partial charge in [0.15, 0.2) is 0 Å². The van der Waals surface area contributed by atoms with Gasteiger partial charge < -0.3 is 13.9 Å². The first-order valence-corrected chi connectivity index (χ1v) is 12.3. The Morgan fingerprint density at radius 2 is 1.72 bits per heavy atom. The molecule has 1 rings (SSSR count). The van der Waals surface area contributed by atoms with Crippen LogP contribution in [0.2, 0.25) is 0 Å². The van der Waals surface area contributed by atoms with Crippen molar-refractivity contribution in [3.63, 3.8) is 0 Å². The van der Waals surface area contributed by atoms with Crippen LogP contribution in [-0.4, -0.2) is 51.0 Å². The molecule has 0 aliphatic heterocycles. The standard InChI is InChI=1S/C20H33N2O5PS/c1-8-19(15-26-29(23,24)20-11-9-18(6)10-12-20)27-28(25-14-13-21-7)22(16(2)3)17(4)5/h9-12,16-17,19H,8,13-15H2,1-6H3. The summed E-state index contributed by atoms with van der Waals surface area (Å²) in [6.07, 6.45) is 0.118. The van der Waals surface area contributed by atoms with Crippen molar-refractivity contribution in [2.24, 2.45) is 0 Å². The van der Waals surface area contributed by atoms with Gasteiger partial charge in [-0.3, -0.25) is 4.18 Å². The highest BCUT2D eigenvalue weighted by Gasteiger charge is 2.30. The summed E-state index contributed by atoms with van der Waals surface area (Å²) in [5.41, 5.74) is 0.975. The second kappa shape index (κ2) is 12.6. The molecule has 0 aliphatic carbocycles. The van der Waals surface area contributed by atoms with Crippen LogP contribution in [0.4, 0.5) is 0 Å². The van der Waals surface area contributed by atoms with E-state index in [2.05, 4.69) is 37.2 Å². The molecule has 0 aromatic heterocycles. The van der Waals surface area contributed by atoms with Crippen LogP contribution < -0.4 is 0 Å². The van der Waals surface area contributed by atoms with Crippen molar-refractivity contribution in [2.45, 2.75) is 71.0 Å².